The molecule has 1 aliphatic rings. The number of halogens is 5. The lowest BCUT2D eigenvalue weighted by atomic mass is 9.83. The standard InChI is InChI=1S/C22H12F5NO2/c23-15-16(24)18(26)20(19(27)17(15)25)28-21(29)13(11-7-3-1-4-8-11)14(22(28)30)12-9-5-2-6-10-12/h1-10,13-14H. The van der Waals surface area contributed by atoms with E-state index in [4.69, 9.17) is 0 Å². The highest BCUT2D eigenvalue weighted by molar-refractivity contribution is 6.25. The Kier molecular flexibility index (Phi) is 4.85. The van der Waals surface area contributed by atoms with Gasteiger partial charge in [0.15, 0.2) is 23.3 Å². The Hall–Kier alpha value is -3.55. The van der Waals surface area contributed by atoms with Crippen LogP contribution in [0, 0.1) is 29.1 Å². The van der Waals surface area contributed by atoms with Crippen LogP contribution >= 0.6 is 0 Å². The summed E-state index contributed by atoms with van der Waals surface area (Å²) in [5.41, 5.74) is -0.826. The number of carbonyl (C=O) groups excluding carboxylic acids is 2. The van der Waals surface area contributed by atoms with Crippen LogP contribution in [-0.4, -0.2) is 11.8 Å². The Morgan fingerprint density at radius 3 is 1.23 bits per heavy atom. The largest absolute Gasteiger partial charge is 0.273 e. The van der Waals surface area contributed by atoms with Crippen LogP contribution in [0.25, 0.3) is 0 Å². The van der Waals surface area contributed by atoms with Gasteiger partial charge in [-0.25, -0.2) is 26.9 Å². The van der Waals surface area contributed by atoms with Crippen molar-refractivity contribution in [1.82, 2.24) is 0 Å². The number of benzene rings is 3. The molecule has 0 N–H and O–H groups in total. The molecule has 0 saturated carbocycles. The molecule has 2 unspecified atom stereocenters. The lowest BCUT2D eigenvalue weighted by Gasteiger charge is -2.17. The van der Waals surface area contributed by atoms with Crippen LogP contribution < -0.4 is 4.90 Å². The number of anilines is 1. The Morgan fingerprint density at radius 2 is 0.867 bits per heavy atom. The summed E-state index contributed by atoms with van der Waals surface area (Å²) in [6.07, 6.45) is 0. The third-order valence-electron chi connectivity index (χ3n) is 5.03. The van der Waals surface area contributed by atoms with Gasteiger partial charge in [-0.1, -0.05) is 60.7 Å². The van der Waals surface area contributed by atoms with Crippen LogP contribution in [-0.2, 0) is 9.59 Å². The molecule has 0 bridgehead atoms. The molecule has 1 aliphatic heterocycles. The SMILES string of the molecule is O=C1C(c2ccccc2)C(c2ccccc2)C(=O)N1c1c(F)c(F)c(F)c(F)c1F. The minimum Gasteiger partial charge on any atom is -0.273 e. The molecule has 3 aromatic rings. The number of amides is 2. The van der Waals surface area contributed by atoms with E-state index >= 15 is 0 Å². The first-order chi connectivity index (χ1) is 14.3. The van der Waals surface area contributed by atoms with Crippen LogP contribution in [0.3, 0.4) is 0 Å². The lowest BCUT2D eigenvalue weighted by Crippen LogP contribution is -2.33. The number of imide groups is 1. The third-order valence-corrected chi connectivity index (χ3v) is 5.03. The van der Waals surface area contributed by atoms with Crippen molar-refractivity contribution in [3.63, 3.8) is 0 Å². The van der Waals surface area contributed by atoms with E-state index < -0.39 is 58.4 Å². The quantitative estimate of drug-likeness (QED) is 0.265. The van der Waals surface area contributed by atoms with E-state index in [0.29, 0.717) is 11.1 Å². The molecule has 8 heteroatoms. The third kappa shape index (κ3) is 2.87. The van der Waals surface area contributed by atoms with Gasteiger partial charge in [-0.15, -0.1) is 0 Å². The molecule has 152 valence electrons. The highest BCUT2D eigenvalue weighted by Gasteiger charge is 2.52. The minimum absolute atomic E-state index is 0.0611. The highest BCUT2D eigenvalue weighted by atomic mass is 19.2. The topological polar surface area (TPSA) is 37.4 Å². The second kappa shape index (κ2) is 7.37. The van der Waals surface area contributed by atoms with Gasteiger partial charge < -0.3 is 0 Å². The van der Waals surface area contributed by atoms with Crippen molar-refractivity contribution in [2.75, 3.05) is 4.90 Å². The van der Waals surface area contributed by atoms with E-state index in [9.17, 15) is 31.5 Å². The summed E-state index contributed by atoms with van der Waals surface area (Å²) in [7, 11) is 0. The van der Waals surface area contributed by atoms with Crippen molar-refractivity contribution in [2.24, 2.45) is 0 Å². The second-order valence-corrected chi connectivity index (χ2v) is 6.71. The first-order valence-corrected chi connectivity index (χ1v) is 8.83. The van der Waals surface area contributed by atoms with Crippen LogP contribution in [0.2, 0.25) is 0 Å². The van der Waals surface area contributed by atoms with Gasteiger partial charge in [-0.2, -0.15) is 0 Å². The van der Waals surface area contributed by atoms with E-state index in [-0.39, 0.29) is 4.90 Å². The van der Waals surface area contributed by atoms with Gasteiger partial charge >= 0.3 is 0 Å². The molecule has 0 aliphatic carbocycles. The van der Waals surface area contributed by atoms with Crippen LogP contribution in [0.4, 0.5) is 27.6 Å². The van der Waals surface area contributed by atoms with E-state index in [2.05, 4.69) is 0 Å². The molecule has 3 aromatic carbocycles. The molecule has 0 aromatic heterocycles. The maximum absolute atomic E-state index is 14.4. The van der Waals surface area contributed by atoms with Crippen molar-refractivity contribution in [1.29, 1.82) is 0 Å². The summed E-state index contributed by atoms with van der Waals surface area (Å²) in [6.45, 7) is 0. The molecule has 3 nitrogen and oxygen atoms in total. The van der Waals surface area contributed by atoms with Gasteiger partial charge in [-0.05, 0) is 11.1 Å². The summed E-state index contributed by atoms with van der Waals surface area (Å²) < 4.78 is 69.7. The number of nitrogens with zero attached hydrogens (tertiary/aromatic N) is 1. The van der Waals surface area contributed by atoms with Gasteiger partial charge in [0, 0.05) is 0 Å². The summed E-state index contributed by atoms with van der Waals surface area (Å²) >= 11 is 0. The average Bonchev–Trinajstić information content (AvgIpc) is 3.03. The number of hydrogen-bond acceptors (Lipinski definition) is 2. The van der Waals surface area contributed by atoms with E-state index in [1.807, 2.05) is 0 Å². The van der Waals surface area contributed by atoms with Crippen molar-refractivity contribution >= 4 is 17.5 Å². The molecule has 0 spiro atoms. The van der Waals surface area contributed by atoms with Crippen molar-refractivity contribution in [3.8, 4) is 0 Å². The normalized spacial score (nSPS) is 18.9. The Balaban J connectivity index is 1.94. The molecule has 2 amide bonds. The van der Waals surface area contributed by atoms with Gasteiger partial charge in [0.05, 0.1) is 11.8 Å². The van der Waals surface area contributed by atoms with Crippen molar-refractivity contribution in [2.45, 2.75) is 11.8 Å². The number of rotatable bonds is 3. The van der Waals surface area contributed by atoms with Gasteiger partial charge in [-0.3, -0.25) is 9.59 Å². The molecular formula is C22H12F5NO2. The average molecular weight is 417 g/mol. The van der Waals surface area contributed by atoms with Gasteiger partial charge in [0.1, 0.15) is 5.69 Å². The fourth-order valence-electron chi connectivity index (χ4n) is 3.67. The summed E-state index contributed by atoms with van der Waals surface area (Å²) in [4.78, 5) is 26.4. The van der Waals surface area contributed by atoms with E-state index in [0.717, 1.165) is 0 Å². The maximum atomic E-state index is 14.4. The Labute approximate surface area is 167 Å². The van der Waals surface area contributed by atoms with Crippen LogP contribution in [0.5, 0.6) is 0 Å². The molecule has 1 saturated heterocycles. The van der Waals surface area contributed by atoms with E-state index in [1.54, 1.807) is 60.7 Å². The number of hydrogen-bond donors (Lipinski definition) is 0. The highest BCUT2D eigenvalue weighted by Crippen LogP contribution is 2.45. The predicted octanol–water partition coefficient (Wildman–Crippen LogP) is 4.82. The van der Waals surface area contributed by atoms with Gasteiger partial charge in [0.2, 0.25) is 17.6 Å². The van der Waals surface area contributed by atoms with E-state index in [1.165, 1.54) is 0 Å². The first-order valence-electron chi connectivity index (χ1n) is 8.83. The molecular weight excluding hydrogens is 405 g/mol. The fourth-order valence-corrected chi connectivity index (χ4v) is 3.67. The maximum Gasteiger partial charge on any atom is 0.242 e. The zero-order chi connectivity index (χ0) is 21.6. The predicted molar refractivity (Wildman–Crippen MR) is 97.1 cm³/mol. The summed E-state index contributed by atoms with van der Waals surface area (Å²) in [6, 6.07) is 16.0. The zero-order valence-corrected chi connectivity index (χ0v) is 15.1. The van der Waals surface area contributed by atoms with Crippen molar-refractivity contribution < 1.29 is 31.5 Å². The molecule has 1 fully saturated rings. The number of carbonyl (C=O) groups is 2. The van der Waals surface area contributed by atoms with Crippen LogP contribution in [0.1, 0.15) is 23.0 Å². The monoisotopic (exact) mass is 417 g/mol. The van der Waals surface area contributed by atoms with Crippen LogP contribution in [0.15, 0.2) is 60.7 Å². The van der Waals surface area contributed by atoms with Gasteiger partial charge in [0.25, 0.3) is 0 Å². The molecule has 30 heavy (non-hydrogen) atoms. The zero-order valence-electron chi connectivity index (χ0n) is 15.1. The molecule has 2 atom stereocenters. The molecule has 0 radical (unpaired) electrons. The minimum atomic E-state index is -2.37. The Bertz CT molecular complexity index is 1060. The molecule has 1 heterocycles. The van der Waals surface area contributed by atoms with Crippen molar-refractivity contribution in [3.05, 3.63) is 101 Å². The summed E-state index contributed by atoms with van der Waals surface area (Å²) in [5, 5.41) is 0. The summed E-state index contributed by atoms with van der Waals surface area (Å²) in [5.74, 6) is -15.9. The second-order valence-electron chi connectivity index (χ2n) is 6.71. The lowest BCUT2D eigenvalue weighted by molar-refractivity contribution is -0.121. The smallest absolute Gasteiger partial charge is 0.242 e. The Morgan fingerprint density at radius 1 is 0.533 bits per heavy atom. The molecule has 4 rings (SSSR count). The fraction of sp³-hybridized carbons (Fsp3) is 0.0909. The first kappa shape index (κ1) is 19.8.